The molecule has 0 saturated carbocycles. The molecule has 0 saturated heterocycles. The lowest BCUT2D eigenvalue weighted by Crippen LogP contribution is -2.08. The van der Waals surface area contributed by atoms with Crippen molar-refractivity contribution in [2.24, 2.45) is 0 Å². The van der Waals surface area contributed by atoms with E-state index in [4.69, 9.17) is 0 Å². The smallest absolute Gasteiger partial charge is 0.212 e. The van der Waals surface area contributed by atoms with Crippen molar-refractivity contribution in [3.05, 3.63) is 82.7 Å². The van der Waals surface area contributed by atoms with Crippen LogP contribution in [0.4, 0.5) is 14.6 Å². The van der Waals surface area contributed by atoms with E-state index < -0.39 is 11.6 Å². The molecule has 0 atom stereocenters. The third kappa shape index (κ3) is 4.50. The quantitative estimate of drug-likeness (QED) is 0.530. The first kappa shape index (κ1) is 21.8. The molecule has 2 aromatic carbocycles. The maximum absolute atomic E-state index is 14.1. The Morgan fingerprint density at radius 2 is 1.65 bits per heavy atom. The van der Waals surface area contributed by atoms with Crippen molar-refractivity contribution in [2.75, 3.05) is 12.4 Å². The highest BCUT2D eigenvalue weighted by atomic mass is 19.1. The number of carbonyl (C=O) groups excluding carboxylic acids is 1. The van der Waals surface area contributed by atoms with Crippen molar-refractivity contribution in [3.8, 4) is 11.3 Å². The van der Waals surface area contributed by atoms with Gasteiger partial charge >= 0.3 is 0 Å². The van der Waals surface area contributed by atoms with Crippen molar-refractivity contribution < 1.29 is 13.6 Å². The summed E-state index contributed by atoms with van der Waals surface area (Å²) in [5.41, 5.74) is 4.08. The van der Waals surface area contributed by atoms with Crippen LogP contribution in [0.5, 0.6) is 0 Å². The zero-order valence-electron chi connectivity index (χ0n) is 17.5. The molecule has 31 heavy (non-hydrogen) atoms. The lowest BCUT2D eigenvalue weighted by molar-refractivity contribution is -0.105. The molecule has 0 unspecified atom stereocenters. The topological polar surface area (TPSA) is 66.9 Å². The average Bonchev–Trinajstić information content (AvgIpc) is 2.74. The molecule has 0 spiro atoms. The van der Waals surface area contributed by atoms with E-state index in [0.29, 0.717) is 23.5 Å². The summed E-state index contributed by atoms with van der Waals surface area (Å²) in [6.07, 6.45) is 3.31. The Bertz CT molecular complexity index is 1170. The molecule has 2 N–H and O–H groups in total. The van der Waals surface area contributed by atoms with Crippen molar-refractivity contribution in [1.29, 1.82) is 0 Å². The zero-order valence-corrected chi connectivity index (χ0v) is 17.5. The summed E-state index contributed by atoms with van der Waals surface area (Å²) in [7, 11) is 1.78. The standard InChI is InChI=1S/C24H22F2N4O/c1-14-17(15(2)27-4)7-5-8-18(14)23-20(24(28-13-31)30-16(3)29-23)12-11-19-21(25)9-6-10-22(19)26/h5-13,27H,2H2,1,3-4H3,(H,28,29,30,31)/b12-11-. The summed E-state index contributed by atoms with van der Waals surface area (Å²) in [4.78, 5) is 20.0. The molecule has 0 radical (unpaired) electrons. The van der Waals surface area contributed by atoms with E-state index in [2.05, 4.69) is 27.2 Å². The van der Waals surface area contributed by atoms with Crippen LogP contribution in [0.2, 0.25) is 0 Å². The van der Waals surface area contributed by atoms with Gasteiger partial charge in [0.25, 0.3) is 0 Å². The lowest BCUT2D eigenvalue weighted by atomic mass is 9.95. The van der Waals surface area contributed by atoms with E-state index in [1.807, 2.05) is 25.1 Å². The predicted octanol–water partition coefficient (Wildman–Crippen LogP) is 4.97. The second-order valence-electron chi connectivity index (χ2n) is 6.82. The Labute approximate surface area is 179 Å². The van der Waals surface area contributed by atoms with Gasteiger partial charge < -0.3 is 10.6 Å². The molecular weight excluding hydrogens is 398 g/mol. The van der Waals surface area contributed by atoms with Crippen LogP contribution in [0, 0.1) is 25.5 Å². The number of benzene rings is 2. The second kappa shape index (κ2) is 9.30. The van der Waals surface area contributed by atoms with E-state index in [1.165, 1.54) is 30.4 Å². The number of halogens is 2. The summed E-state index contributed by atoms with van der Waals surface area (Å²) in [6, 6.07) is 9.34. The molecule has 1 heterocycles. The number of aromatic nitrogens is 2. The Hall–Kier alpha value is -3.87. The first-order chi connectivity index (χ1) is 14.9. The van der Waals surface area contributed by atoms with Gasteiger partial charge in [0.2, 0.25) is 6.41 Å². The molecule has 3 aromatic rings. The van der Waals surface area contributed by atoms with E-state index >= 15 is 0 Å². The van der Waals surface area contributed by atoms with Crippen LogP contribution in [0.3, 0.4) is 0 Å². The lowest BCUT2D eigenvalue weighted by Gasteiger charge is -2.16. The minimum absolute atomic E-state index is 0.194. The third-order valence-corrected chi connectivity index (χ3v) is 4.89. The van der Waals surface area contributed by atoms with E-state index in [0.717, 1.165) is 22.4 Å². The SMILES string of the molecule is C=C(NC)c1cccc(-c2nc(C)nc(NC=O)c2/C=C\c2c(F)cccc2F)c1C. The minimum Gasteiger partial charge on any atom is -0.388 e. The number of anilines is 1. The third-order valence-electron chi connectivity index (χ3n) is 4.89. The molecule has 5 nitrogen and oxygen atoms in total. The van der Waals surface area contributed by atoms with Crippen LogP contribution in [-0.4, -0.2) is 23.4 Å². The number of amides is 1. The fraction of sp³-hybridized carbons (Fsp3) is 0.125. The van der Waals surface area contributed by atoms with Gasteiger partial charge in [-0.1, -0.05) is 30.8 Å². The molecule has 0 aliphatic rings. The van der Waals surface area contributed by atoms with Gasteiger partial charge in [0, 0.05) is 35.0 Å². The highest BCUT2D eigenvalue weighted by Gasteiger charge is 2.17. The number of carbonyl (C=O) groups is 1. The van der Waals surface area contributed by atoms with Gasteiger partial charge in [-0.25, -0.2) is 18.7 Å². The van der Waals surface area contributed by atoms with Gasteiger partial charge in [0.15, 0.2) is 0 Å². The molecule has 158 valence electrons. The monoisotopic (exact) mass is 420 g/mol. The van der Waals surface area contributed by atoms with E-state index in [1.54, 1.807) is 14.0 Å². The second-order valence-corrected chi connectivity index (χ2v) is 6.82. The molecule has 3 rings (SSSR count). The van der Waals surface area contributed by atoms with Crippen molar-refractivity contribution >= 4 is 30.1 Å². The maximum Gasteiger partial charge on any atom is 0.212 e. The molecule has 1 aromatic heterocycles. The van der Waals surface area contributed by atoms with Gasteiger partial charge in [0.05, 0.1) is 5.69 Å². The summed E-state index contributed by atoms with van der Waals surface area (Å²) >= 11 is 0. The van der Waals surface area contributed by atoms with Crippen LogP contribution in [0.25, 0.3) is 29.1 Å². The molecule has 7 heteroatoms. The largest absolute Gasteiger partial charge is 0.388 e. The summed E-state index contributed by atoms with van der Waals surface area (Å²) in [6.45, 7) is 7.66. The van der Waals surface area contributed by atoms with Crippen LogP contribution in [0.15, 0.2) is 43.0 Å². The first-order valence-corrected chi connectivity index (χ1v) is 9.55. The Morgan fingerprint density at radius 1 is 1.00 bits per heavy atom. The van der Waals surface area contributed by atoms with Crippen LogP contribution in [0.1, 0.15) is 28.1 Å². The van der Waals surface area contributed by atoms with Gasteiger partial charge in [-0.2, -0.15) is 0 Å². The van der Waals surface area contributed by atoms with Crippen molar-refractivity contribution in [1.82, 2.24) is 15.3 Å². The van der Waals surface area contributed by atoms with Crippen LogP contribution in [-0.2, 0) is 4.79 Å². The molecule has 1 amide bonds. The molecule has 0 aliphatic carbocycles. The van der Waals surface area contributed by atoms with Gasteiger partial charge in [0.1, 0.15) is 23.3 Å². The average molecular weight is 420 g/mol. The fourth-order valence-corrected chi connectivity index (χ4v) is 3.30. The van der Waals surface area contributed by atoms with Gasteiger partial charge in [-0.3, -0.25) is 4.79 Å². The molecule has 0 fully saturated rings. The van der Waals surface area contributed by atoms with Gasteiger partial charge in [-0.15, -0.1) is 0 Å². The number of hydrogen-bond acceptors (Lipinski definition) is 4. The number of hydrogen-bond donors (Lipinski definition) is 2. The summed E-state index contributed by atoms with van der Waals surface area (Å²) in [5.74, 6) is -0.716. The number of nitrogens with zero attached hydrogens (tertiary/aromatic N) is 2. The van der Waals surface area contributed by atoms with Crippen molar-refractivity contribution in [3.63, 3.8) is 0 Å². The van der Waals surface area contributed by atoms with Crippen molar-refractivity contribution in [2.45, 2.75) is 13.8 Å². The molecule has 0 aliphatic heterocycles. The predicted molar refractivity (Wildman–Crippen MR) is 120 cm³/mol. The maximum atomic E-state index is 14.1. The first-order valence-electron chi connectivity index (χ1n) is 9.55. The van der Waals surface area contributed by atoms with E-state index in [-0.39, 0.29) is 11.4 Å². The number of rotatable bonds is 7. The van der Waals surface area contributed by atoms with Crippen LogP contribution < -0.4 is 10.6 Å². The molecule has 0 bridgehead atoms. The minimum atomic E-state index is -0.695. The Morgan fingerprint density at radius 3 is 2.29 bits per heavy atom. The number of nitrogens with one attached hydrogen (secondary N) is 2. The normalized spacial score (nSPS) is 10.9. The van der Waals surface area contributed by atoms with E-state index in [9.17, 15) is 13.6 Å². The van der Waals surface area contributed by atoms with Gasteiger partial charge in [-0.05, 0) is 43.7 Å². The highest BCUT2D eigenvalue weighted by molar-refractivity contribution is 5.89. The Balaban J connectivity index is 2.26. The summed E-state index contributed by atoms with van der Waals surface area (Å²) < 4.78 is 28.2. The fourth-order valence-electron chi connectivity index (χ4n) is 3.30. The zero-order chi connectivity index (χ0) is 22.5. The van der Waals surface area contributed by atoms with Crippen LogP contribution >= 0.6 is 0 Å². The highest BCUT2D eigenvalue weighted by Crippen LogP contribution is 2.33. The molecular formula is C24H22F2N4O. The number of aryl methyl sites for hydroxylation is 1. The summed E-state index contributed by atoms with van der Waals surface area (Å²) in [5, 5.41) is 5.59. The Kier molecular flexibility index (Phi) is 6.55.